The first-order valence-corrected chi connectivity index (χ1v) is 3.69. The predicted molar refractivity (Wildman–Crippen MR) is 43.0 cm³/mol. The van der Waals surface area contributed by atoms with Gasteiger partial charge in [0.1, 0.15) is 6.29 Å². The Hall–Kier alpha value is -0.370. The molecule has 0 saturated heterocycles. The maximum Gasteiger partial charge on any atom is 0.137 e. The molecule has 0 aromatic heterocycles. The summed E-state index contributed by atoms with van der Waals surface area (Å²) in [4.78, 5) is 12.4. The van der Waals surface area contributed by atoms with Gasteiger partial charge in [0, 0.05) is 0 Å². The normalized spacial score (nSPS) is 14.2. The third-order valence-corrected chi connectivity index (χ3v) is 1.53. The zero-order chi connectivity index (χ0) is 8.15. The average Bonchev–Trinajstić information content (AvgIpc) is 1.81. The lowest BCUT2D eigenvalue weighted by atomic mass is 10.0. The van der Waals surface area contributed by atoms with Crippen LogP contribution in [0, 0.1) is 5.92 Å². The molecule has 1 atom stereocenters. The van der Waals surface area contributed by atoms with Gasteiger partial charge in [0.25, 0.3) is 0 Å². The molecule has 0 amide bonds. The lowest BCUT2D eigenvalue weighted by molar-refractivity contribution is -0.112. The van der Waals surface area contributed by atoms with Crippen molar-refractivity contribution < 1.29 is 4.79 Å². The lowest BCUT2D eigenvalue weighted by Crippen LogP contribution is -2.30. The predicted octanol–water partition coefficient (Wildman–Crippen LogP) is 1.16. The van der Waals surface area contributed by atoms with Crippen molar-refractivity contribution in [2.24, 2.45) is 5.92 Å². The minimum atomic E-state index is 0.0972. The minimum absolute atomic E-state index is 0.0972. The van der Waals surface area contributed by atoms with Crippen LogP contribution in [0.5, 0.6) is 0 Å². The van der Waals surface area contributed by atoms with Crippen LogP contribution >= 0.6 is 0 Å². The Morgan fingerprint density at radius 1 is 1.40 bits per heavy atom. The van der Waals surface area contributed by atoms with Crippen LogP contribution < -0.4 is 0 Å². The average molecular weight is 143 g/mol. The van der Waals surface area contributed by atoms with Gasteiger partial charge in [0.05, 0.1) is 6.04 Å². The molecule has 10 heavy (non-hydrogen) atoms. The van der Waals surface area contributed by atoms with E-state index in [4.69, 9.17) is 0 Å². The van der Waals surface area contributed by atoms with E-state index in [9.17, 15) is 4.79 Å². The van der Waals surface area contributed by atoms with Gasteiger partial charge in [-0.1, -0.05) is 13.8 Å². The summed E-state index contributed by atoms with van der Waals surface area (Å²) in [7, 11) is 3.86. The Morgan fingerprint density at radius 2 is 1.90 bits per heavy atom. The Morgan fingerprint density at radius 3 is 2.00 bits per heavy atom. The zero-order valence-electron chi connectivity index (χ0n) is 7.29. The second kappa shape index (κ2) is 4.45. The smallest absolute Gasteiger partial charge is 0.137 e. The van der Waals surface area contributed by atoms with Crippen molar-refractivity contribution >= 4 is 6.29 Å². The standard InChI is InChI=1S/C8H17NO/c1-7(2)5-8(6-10)9(3)4/h6-8H,5H2,1-4H3/t8-/m1/s1. The number of rotatable bonds is 4. The summed E-state index contributed by atoms with van der Waals surface area (Å²) in [6.45, 7) is 4.25. The Labute approximate surface area is 63.2 Å². The molecule has 0 heterocycles. The molecule has 2 heteroatoms. The Bertz CT molecular complexity index is 99.4. The molecule has 0 aliphatic carbocycles. The molecular formula is C8H17NO. The molecule has 0 spiro atoms. The second-order valence-corrected chi connectivity index (χ2v) is 3.30. The van der Waals surface area contributed by atoms with Gasteiger partial charge in [-0.2, -0.15) is 0 Å². The molecule has 0 fully saturated rings. The Kier molecular flexibility index (Phi) is 4.28. The molecule has 60 valence electrons. The van der Waals surface area contributed by atoms with E-state index in [2.05, 4.69) is 13.8 Å². The summed E-state index contributed by atoms with van der Waals surface area (Å²) in [6.07, 6.45) is 1.97. The summed E-state index contributed by atoms with van der Waals surface area (Å²) in [5.41, 5.74) is 0. The summed E-state index contributed by atoms with van der Waals surface area (Å²) >= 11 is 0. The van der Waals surface area contributed by atoms with Crippen molar-refractivity contribution in [2.45, 2.75) is 26.3 Å². The number of aldehydes is 1. The van der Waals surface area contributed by atoms with Crippen molar-refractivity contribution in [2.75, 3.05) is 14.1 Å². The van der Waals surface area contributed by atoms with Crippen LogP contribution in [0.25, 0.3) is 0 Å². The van der Waals surface area contributed by atoms with Crippen molar-refractivity contribution in [3.63, 3.8) is 0 Å². The molecule has 0 unspecified atom stereocenters. The summed E-state index contributed by atoms with van der Waals surface area (Å²) in [6, 6.07) is 0.0972. The van der Waals surface area contributed by atoms with Crippen LogP contribution in [-0.4, -0.2) is 31.3 Å². The monoisotopic (exact) mass is 143 g/mol. The summed E-state index contributed by atoms with van der Waals surface area (Å²) < 4.78 is 0. The lowest BCUT2D eigenvalue weighted by Gasteiger charge is -2.19. The number of carbonyl (C=O) groups is 1. The molecule has 0 rings (SSSR count). The topological polar surface area (TPSA) is 20.3 Å². The molecule has 0 aliphatic heterocycles. The van der Waals surface area contributed by atoms with Crippen LogP contribution in [0.2, 0.25) is 0 Å². The molecule has 0 aromatic carbocycles. The van der Waals surface area contributed by atoms with Gasteiger partial charge in [-0.05, 0) is 26.4 Å². The first-order chi connectivity index (χ1) is 4.57. The van der Waals surface area contributed by atoms with E-state index in [1.54, 1.807) is 0 Å². The van der Waals surface area contributed by atoms with E-state index in [1.807, 2.05) is 19.0 Å². The highest BCUT2D eigenvalue weighted by molar-refractivity contribution is 5.57. The van der Waals surface area contributed by atoms with E-state index >= 15 is 0 Å². The molecule has 2 nitrogen and oxygen atoms in total. The van der Waals surface area contributed by atoms with Gasteiger partial charge in [0.2, 0.25) is 0 Å². The zero-order valence-corrected chi connectivity index (χ0v) is 7.29. The van der Waals surface area contributed by atoms with E-state index in [-0.39, 0.29) is 6.04 Å². The minimum Gasteiger partial charge on any atom is -0.302 e. The van der Waals surface area contributed by atoms with Gasteiger partial charge in [-0.25, -0.2) is 0 Å². The first kappa shape index (κ1) is 9.63. The molecule has 0 saturated carbocycles. The van der Waals surface area contributed by atoms with E-state index in [1.165, 1.54) is 0 Å². The van der Waals surface area contributed by atoms with Gasteiger partial charge >= 0.3 is 0 Å². The highest BCUT2D eigenvalue weighted by atomic mass is 16.1. The van der Waals surface area contributed by atoms with E-state index in [0.29, 0.717) is 5.92 Å². The first-order valence-electron chi connectivity index (χ1n) is 3.69. The van der Waals surface area contributed by atoms with Crippen molar-refractivity contribution in [3.8, 4) is 0 Å². The maximum atomic E-state index is 10.4. The third kappa shape index (κ3) is 3.62. The summed E-state index contributed by atoms with van der Waals surface area (Å²) in [5.74, 6) is 0.595. The molecule has 0 radical (unpaired) electrons. The Balaban J connectivity index is 3.71. The van der Waals surface area contributed by atoms with Crippen LogP contribution in [-0.2, 0) is 4.79 Å². The van der Waals surface area contributed by atoms with Crippen LogP contribution in [0.4, 0.5) is 0 Å². The number of hydrogen-bond acceptors (Lipinski definition) is 2. The van der Waals surface area contributed by atoms with Gasteiger partial charge in [-0.15, -0.1) is 0 Å². The van der Waals surface area contributed by atoms with Crippen LogP contribution in [0.3, 0.4) is 0 Å². The largest absolute Gasteiger partial charge is 0.302 e. The van der Waals surface area contributed by atoms with Gasteiger partial charge in [-0.3, -0.25) is 4.90 Å². The van der Waals surface area contributed by atoms with Gasteiger partial charge < -0.3 is 4.79 Å². The molecule has 0 aromatic rings. The van der Waals surface area contributed by atoms with Gasteiger partial charge in [0.15, 0.2) is 0 Å². The second-order valence-electron chi connectivity index (χ2n) is 3.30. The number of likely N-dealkylation sites (N-methyl/N-ethyl adjacent to an activating group) is 1. The number of hydrogen-bond donors (Lipinski definition) is 0. The number of carbonyl (C=O) groups excluding carboxylic acids is 1. The summed E-state index contributed by atoms with van der Waals surface area (Å²) in [5, 5.41) is 0. The van der Waals surface area contributed by atoms with E-state index < -0.39 is 0 Å². The molecule has 0 bridgehead atoms. The molecule has 0 N–H and O–H groups in total. The fourth-order valence-electron chi connectivity index (χ4n) is 0.871. The van der Waals surface area contributed by atoms with Crippen molar-refractivity contribution in [1.29, 1.82) is 0 Å². The van der Waals surface area contributed by atoms with Crippen molar-refractivity contribution in [3.05, 3.63) is 0 Å². The fourth-order valence-corrected chi connectivity index (χ4v) is 0.871. The van der Waals surface area contributed by atoms with Crippen LogP contribution in [0.1, 0.15) is 20.3 Å². The highest BCUT2D eigenvalue weighted by Crippen LogP contribution is 2.05. The SMILES string of the molecule is CC(C)C[C@H](C=O)N(C)C. The fraction of sp³-hybridized carbons (Fsp3) is 0.875. The molecule has 0 aliphatic rings. The highest BCUT2D eigenvalue weighted by Gasteiger charge is 2.10. The van der Waals surface area contributed by atoms with Crippen molar-refractivity contribution in [1.82, 2.24) is 4.90 Å². The quantitative estimate of drug-likeness (QED) is 0.550. The number of nitrogens with zero attached hydrogens (tertiary/aromatic N) is 1. The molecular weight excluding hydrogens is 126 g/mol. The van der Waals surface area contributed by atoms with E-state index in [0.717, 1.165) is 12.7 Å². The maximum absolute atomic E-state index is 10.4. The third-order valence-electron chi connectivity index (χ3n) is 1.53. The van der Waals surface area contributed by atoms with Crippen LogP contribution in [0.15, 0.2) is 0 Å².